The zero-order valence-corrected chi connectivity index (χ0v) is 17.6. The summed E-state index contributed by atoms with van der Waals surface area (Å²) >= 11 is 0. The molecule has 30 heavy (non-hydrogen) atoms. The third kappa shape index (κ3) is 3.76. The van der Waals surface area contributed by atoms with Gasteiger partial charge in [-0.3, -0.25) is 4.79 Å². The van der Waals surface area contributed by atoms with Crippen LogP contribution in [0.5, 0.6) is 0 Å². The van der Waals surface area contributed by atoms with Gasteiger partial charge < -0.3 is 4.98 Å². The van der Waals surface area contributed by atoms with E-state index in [1.807, 2.05) is 67.6 Å². The number of benzene rings is 2. The maximum absolute atomic E-state index is 13.0. The van der Waals surface area contributed by atoms with Crippen molar-refractivity contribution in [2.24, 2.45) is 5.10 Å². The van der Waals surface area contributed by atoms with E-state index in [0.717, 1.165) is 33.5 Å². The van der Waals surface area contributed by atoms with Gasteiger partial charge in [0.2, 0.25) is 0 Å². The number of aromatic amines is 1. The third-order valence-corrected chi connectivity index (χ3v) is 5.01. The molecule has 0 aliphatic heterocycles. The van der Waals surface area contributed by atoms with Crippen LogP contribution in [0.4, 0.5) is 0 Å². The third-order valence-electron chi connectivity index (χ3n) is 5.01. The predicted molar refractivity (Wildman–Crippen MR) is 120 cm³/mol. The Kier molecular flexibility index (Phi) is 4.99. The number of hydrazone groups is 1. The SMILES string of the molecule is Cc1[nH]c2ccccc2c1/C=N\NC(=O)c1cc(C(C)(C)C)nn1-c1ccccc1. The van der Waals surface area contributed by atoms with Gasteiger partial charge in [-0.05, 0) is 31.2 Å². The Morgan fingerprint density at radius 1 is 1.10 bits per heavy atom. The zero-order valence-electron chi connectivity index (χ0n) is 17.6. The molecule has 0 atom stereocenters. The standard InChI is InChI=1S/C24H25N5O/c1-16-19(18-12-8-9-13-20(18)26-16)15-25-27-23(30)21-14-22(24(2,3)4)28-29(21)17-10-6-5-7-11-17/h5-15,26H,1-4H3,(H,27,30)/b25-15-. The lowest BCUT2D eigenvalue weighted by Crippen LogP contribution is -2.21. The van der Waals surface area contributed by atoms with Crippen LogP contribution in [0.3, 0.4) is 0 Å². The van der Waals surface area contributed by atoms with E-state index in [0.29, 0.717) is 5.69 Å². The molecule has 152 valence electrons. The van der Waals surface area contributed by atoms with Crippen molar-refractivity contribution in [3.05, 3.63) is 83.3 Å². The molecule has 0 radical (unpaired) electrons. The Balaban J connectivity index is 1.64. The lowest BCUT2D eigenvalue weighted by atomic mass is 9.92. The van der Waals surface area contributed by atoms with Gasteiger partial charge in [-0.25, -0.2) is 10.1 Å². The molecular formula is C24H25N5O. The number of nitrogens with one attached hydrogen (secondary N) is 2. The summed E-state index contributed by atoms with van der Waals surface area (Å²) in [7, 11) is 0. The molecule has 0 saturated heterocycles. The van der Waals surface area contributed by atoms with Crippen molar-refractivity contribution in [3.63, 3.8) is 0 Å². The Bertz CT molecular complexity index is 1230. The van der Waals surface area contributed by atoms with Crippen molar-refractivity contribution in [3.8, 4) is 5.69 Å². The summed E-state index contributed by atoms with van der Waals surface area (Å²) in [5, 5.41) is 9.97. The smallest absolute Gasteiger partial charge is 0.290 e. The van der Waals surface area contributed by atoms with Gasteiger partial charge in [0.15, 0.2) is 0 Å². The van der Waals surface area contributed by atoms with Crippen molar-refractivity contribution in [1.29, 1.82) is 0 Å². The summed E-state index contributed by atoms with van der Waals surface area (Å²) in [6, 6.07) is 19.5. The van der Waals surface area contributed by atoms with Crippen molar-refractivity contribution < 1.29 is 4.79 Å². The molecular weight excluding hydrogens is 374 g/mol. The Morgan fingerprint density at radius 2 is 1.80 bits per heavy atom. The molecule has 2 heterocycles. The molecule has 0 unspecified atom stereocenters. The van der Waals surface area contributed by atoms with E-state index in [1.54, 1.807) is 10.9 Å². The van der Waals surface area contributed by atoms with Crippen LogP contribution in [0.25, 0.3) is 16.6 Å². The van der Waals surface area contributed by atoms with E-state index < -0.39 is 0 Å². The average Bonchev–Trinajstić information content (AvgIpc) is 3.30. The van der Waals surface area contributed by atoms with E-state index >= 15 is 0 Å². The Labute approximate surface area is 175 Å². The monoisotopic (exact) mass is 399 g/mol. The molecule has 0 saturated carbocycles. The minimum absolute atomic E-state index is 0.181. The lowest BCUT2D eigenvalue weighted by molar-refractivity contribution is 0.0947. The number of carbonyl (C=O) groups is 1. The number of fused-ring (bicyclic) bond motifs is 1. The number of amides is 1. The highest BCUT2D eigenvalue weighted by atomic mass is 16.2. The Morgan fingerprint density at radius 3 is 2.53 bits per heavy atom. The molecule has 0 aliphatic rings. The van der Waals surface area contributed by atoms with Gasteiger partial charge in [0.1, 0.15) is 5.69 Å². The van der Waals surface area contributed by atoms with E-state index in [1.165, 1.54) is 0 Å². The molecule has 0 fully saturated rings. The molecule has 0 spiro atoms. The summed E-state index contributed by atoms with van der Waals surface area (Å²) in [6.45, 7) is 8.21. The minimum Gasteiger partial charge on any atom is -0.358 e. The predicted octanol–water partition coefficient (Wildman–Crippen LogP) is 4.72. The van der Waals surface area contributed by atoms with E-state index in [-0.39, 0.29) is 11.3 Å². The van der Waals surface area contributed by atoms with Gasteiger partial charge in [-0.2, -0.15) is 10.2 Å². The topological polar surface area (TPSA) is 75.1 Å². The van der Waals surface area contributed by atoms with Crippen LogP contribution in [0.2, 0.25) is 0 Å². The summed E-state index contributed by atoms with van der Waals surface area (Å²) in [6.07, 6.45) is 1.68. The molecule has 1 amide bonds. The van der Waals surface area contributed by atoms with Gasteiger partial charge in [0.25, 0.3) is 5.91 Å². The second-order valence-electron chi connectivity index (χ2n) is 8.32. The van der Waals surface area contributed by atoms with Crippen LogP contribution >= 0.6 is 0 Å². The number of carbonyl (C=O) groups excluding carboxylic acids is 1. The molecule has 2 aromatic carbocycles. The van der Waals surface area contributed by atoms with Gasteiger partial charge in [-0.15, -0.1) is 0 Å². The molecule has 6 heteroatoms. The van der Waals surface area contributed by atoms with Crippen molar-refractivity contribution in [1.82, 2.24) is 20.2 Å². The fourth-order valence-electron chi connectivity index (χ4n) is 3.35. The quantitative estimate of drug-likeness (QED) is 0.385. The first-order valence-electron chi connectivity index (χ1n) is 9.91. The van der Waals surface area contributed by atoms with Crippen LogP contribution in [0.15, 0.2) is 65.8 Å². The molecule has 2 aromatic heterocycles. The van der Waals surface area contributed by atoms with Crippen LogP contribution in [0.1, 0.15) is 48.2 Å². The maximum atomic E-state index is 13.0. The van der Waals surface area contributed by atoms with Crippen molar-refractivity contribution >= 4 is 23.0 Å². The number of para-hydroxylation sites is 2. The summed E-state index contributed by atoms with van der Waals surface area (Å²) in [5.74, 6) is -0.310. The largest absolute Gasteiger partial charge is 0.358 e. The summed E-state index contributed by atoms with van der Waals surface area (Å²) < 4.78 is 1.67. The maximum Gasteiger partial charge on any atom is 0.290 e. The molecule has 6 nitrogen and oxygen atoms in total. The average molecular weight is 399 g/mol. The number of aromatic nitrogens is 3. The molecule has 4 aromatic rings. The number of aryl methyl sites for hydroxylation is 1. The van der Waals surface area contributed by atoms with Crippen LogP contribution in [-0.4, -0.2) is 26.9 Å². The van der Waals surface area contributed by atoms with Gasteiger partial charge in [-0.1, -0.05) is 57.2 Å². The van der Waals surface area contributed by atoms with Crippen molar-refractivity contribution in [2.45, 2.75) is 33.1 Å². The Hall–Kier alpha value is -3.67. The fourth-order valence-corrected chi connectivity index (χ4v) is 3.35. The van der Waals surface area contributed by atoms with Gasteiger partial charge >= 0.3 is 0 Å². The van der Waals surface area contributed by atoms with Crippen molar-refractivity contribution in [2.75, 3.05) is 0 Å². The van der Waals surface area contributed by atoms with Gasteiger partial charge in [0.05, 0.1) is 17.6 Å². The first kappa shape index (κ1) is 19.6. The molecule has 0 bridgehead atoms. The normalized spacial score (nSPS) is 12.0. The second-order valence-corrected chi connectivity index (χ2v) is 8.32. The highest BCUT2D eigenvalue weighted by Gasteiger charge is 2.23. The number of H-pyrrole nitrogens is 1. The van der Waals surface area contributed by atoms with E-state index in [2.05, 4.69) is 41.4 Å². The van der Waals surface area contributed by atoms with Gasteiger partial charge in [0, 0.05) is 27.6 Å². The second kappa shape index (κ2) is 7.63. The number of hydrogen-bond acceptors (Lipinski definition) is 3. The molecule has 4 rings (SSSR count). The highest BCUT2D eigenvalue weighted by Crippen LogP contribution is 2.24. The minimum atomic E-state index is -0.310. The molecule has 0 aliphatic carbocycles. The number of hydrogen-bond donors (Lipinski definition) is 2. The van der Waals surface area contributed by atoms with E-state index in [4.69, 9.17) is 0 Å². The van der Waals surface area contributed by atoms with Crippen LogP contribution in [0, 0.1) is 6.92 Å². The first-order valence-corrected chi connectivity index (χ1v) is 9.91. The first-order chi connectivity index (χ1) is 14.3. The van der Waals surface area contributed by atoms with E-state index in [9.17, 15) is 4.79 Å². The summed E-state index contributed by atoms with van der Waals surface area (Å²) in [5.41, 5.74) is 7.59. The number of rotatable bonds is 4. The fraction of sp³-hybridized carbons (Fsp3) is 0.208. The zero-order chi connectivity index (χ0) is 21.3. The number of nitrogens with zero attached hydrogens (tertiary/aromatic N) is 3. The highest BCUT2D eigenvalue weighted by molar-refractivity contribution is 6.01. The van der Waals surface area contributed by atoms with Crippen LogP contribution in [-0.2, 0) is 5.41 Å². The summed E-state index contributed by atoms with van der Waals surface area (Å²) in [4.78, 5) is 16.3. The molecule has 2 N–H and O–H groups in total. The van der Waals surface area contributed by atoms with Crippen LogP contribution < -0.4 is 5.43 Å². The lowest BCUT2D eigenvalue weighted by Gasteiger charge is -2.14.